The number of likely N-dealkylation sites (tertiary alicyclic amines) is 2. The summed E-state index contributed by atoms with van der Waals surface area (Å²) in [6, 6.07) is 45.6. The van der Waals surface area contributed by atoms with Crippen LogP contribution in [0.3, 0.4) is 0 Å². The van der Waals surface area contributed by atoms with E-state index >= 15 is 0 Å². The Balaban J connectivity index is 0.000000132. The molecule has 20 nitrogen and oxygen atoms in total. The number of pyridine rings is 6. The molecule has 9 aromatic heterocycles. The van der Waals surface area contributed by atoms with E-state index in [4.69, 9.17) is 15.0 Å². The zero-order valence-corrected chi connectivity index (χ0v) is 53.5. The molecule has 480 valence electrons. The maximum Gasteiger partial charge on any atom is 0.298 e. The minimum atomic E-state index is -0.138. The first-order chi connectivity index (χ1) is 47.5. The lowest BCUT2D eigenvalue weighted by Crippen LogP contribution is -2.27. The monoisotopic (exact) mass is 1280 g/mol. The van der Waals surface area contributed by atoms with Crippen molar-refractivity contribution in [2.24, 2.45) is 0 Å². The van der Waals surface area contributed by atoms with E-state index < -0.39 is 0 Å². The third-order valence-corrected chi connectivity index (χ3v) is 17.7. The van der Waals surface area contributed by atoms with Gasteiger partial charge in [0.2, 0.25) is 0 Å². The fourth-order valence-electron chi connectivity index (χ4n) is 12.6. The van der Waals surface area contributed by atoms with E-state index in [-0.39, 0.29) is 53.8 Å². The Labute approximate surface area is 559 Å². The minimum Gasteiger partial charge on any atom is -0.331 e. The molecule has 97 heavy (non-hydrogen) atoms. The number of carbonyl (C=O) groups excluding carboxylic acids is 5. The van der Waals surface area contributed by atoms with Gasteiger partial charge in [-0.05, 0) is 106 Å². The zero-order chi connectivity index (χ0) is 66.6. The Morgan fingerprint density at radius 2 is 0.794 bits per heavy atom. The standard InChI is InChI=1S/2C27H23N5O2.C23H21N5O/c2*1-2-5-25(34)32-13-11-20(17-32)23-14-21-16-29-31-27(21)26(30-23)19-9-7-18(8-10-19)24(33)15-22-6-3-4-12-28-22;29-21(12-19-3-1-2-9-25-19)15-4-6-16(7-5-15)22-23-18(14-26-28-23)11-20(27-22)17-8-10-24-13-17/h2*3-4,6-10,12,14,16,20H,11,13,15,17H2,1H3,(H,29,31);1-7,9,11,14,17,24H,8,10,12-13H2,(H,26,28). The first-order valence-electron chi connectivity index (χ1n) is 32.3. The van der Waals surface area contributed by atoms with Crippen molar-refractivity contribution in [1.82, 2.24) is 75.6 Å². The third-order valence-electron chi connectivity index (χ3n) is 17.7. The van der Waals surface area contributed by atoms with Crippen LogP contribution in [0.2, 0.25) is 0 Å². The molecule has 0 saturated carbocycles. The van der Waals surface area contributed by atoms with Crippen LogP contribution in [0.4, 0.5) is 0 Å². The van der Waals surface area contributed by atoms with Gasteiger partial charge in [0.1, 0.15) is 0 Å². The topological polar surface area (TPSA) is 267 Å². The maximum absolute atomic E-state index is 12.7. The molecule has 12 aromatic rings. The van der Waals surface area contributed by atoms with Gasteiger partial charge in [-0.15, -0.1) is 0 Å². The molecule has 0 radical (unpaired) electrons. The summed E-state index contributed by atoms with van der Waals surface area (Å²) in [5, 5.41) is 28.2. The zero-order valence-electron chi connectivity index (χ0n) is 53.5. The minimum absolute atomic E-state index is 0.0181. The summed E-state index contributed by atoms with van der Waals surface area (Å²) in [6.07, 6.45) is 14.1. The fourth-order valence-corrected chi connectivity index (χ4v) is 12.6. The van der Waals surface area contributed by atoms with Crippen LogP contribution in [0, 0.1) is 23.7 Å². The predicted octanol–water partition coefficient (Wildman–Crippen LogP) is 11.1. The number of rotatable bonds is 15. The largest absolute Gasteiger partial charge is 0.331 e. The van der Waals surface area contributed by atoms with Crippen molar-refractivity contribution in [1.29, 1.82) is 0 Å². The number of aromatic nitrogens is 12. The van der Waals surface area contributed by atoms with Gasteiger partial charge in [0.05, 0.1) is 71.5 Å². The van der Waals surface area contributed by atoms with Gasteiger partial charge in [0, 0.05) is 153 Å². The van der Waals surface area contributed by atoms with Crippen LogP contribution in [0.15, 0.2) is 183 Å². The smallest absolute Gasteiger partial charge is 0.298 e. The molecule has 3 saturated heterocycles. The molecule has 12 heterocycles. The number of fused-ring (bicyclic) bond motifs is 3. The lowest BCUT2D eigenvalue weighted by atomic mass is 9.99. The number of H-pyrrole nitrogens is 3. The van der Waals surface area contributed by atoms with E-state index in [9.17, 15) is 24.0 Å². The van der Waals surface area contributed by atoms with Crippen molar-refractivity contribution in [3.05, 3.63) is 234 Å². The lowest BCUT2D eigenvalue weighted by molar-refractivity contribution is -0.124. The third kappa shape index (κ3) is 14.9. The molecule has 0 spiro atoms. The van der Waals surface area contributed by atoms with Crippen LogP contribution in [0.5, 0.6) is 0 Å². The second kappa shape index (κ2) is 29.5. The molecule has 3 aliphatic heterocycles. The summed E-state index contributed by atoms with van der Waals surface area (Å²) < 4.78 is 0. The highest BCUT2D eigenvalue weighted by molar-refractivity contribution is 6.01. The van der Waals surface area contributed by atoms with E-state index in [2.05, 4.69) is 80.6 Å². The second-order valence-electron chi connectivity index (χ2n) is 24.1. The first-order valence-corrected chi connectivity index (χ1v) is 32.3. The molecule has 3 aliphatic rings. The molecule has 2 amide bonds. The van der Waals surface area contributed by atoms with Crippen molar-refractivity contribution in [3.8, 4) is 57.5 Å². The summed E-state index contributed by atoms with van der Waals surface area (Å²) in [4.78, 5) is 93.5. The van der Waals surface area contributed by atoms with E-state index in [1.54, 1.807) is 54.6 Å². The summed E-state index contributed by atoms with van der Waals surface area (Å²) in [6.45, 7) is 7.87. The summed E-state index contributed by atoms with van der Waals surface area (Å²) in [5.74, 6) is 11.1. The quantitative estimate of drug-likeness (QED) is 0.0549. The Morgan fingerprint density at radius 3 is 1.10 bits per heavy atom. The molecule has 0 aliphatic carbocycles. The van der Waals surface area contributed by atoms with Crippen LogP contribution in [0.25, 0.3) is 66.5 Å². The van der Waals surface area contributed by atoms with Crippen molar-refractivity contribution >= 4 is 61.9 Å². The van der Waals surface area contributed by atoms with Gasteiger partial charge < -0.3 is 15.1 Å². The summed E-state index contributed by atoms with van der Waals surface area (Å²) in [7, 11) is 0. The number of nitrogens with zero attached hydrogens (tertiary/aromatic N) is 11. The average Bonchev–Trinajstić information content (AvgIpc) is 1.73. The highest BCUT2D eigenvalue weighted by Gasteiger charge is 2.31. The number of hydrogen-bond donors (Lipinski definition) is 4. The fraction of sp³-hybridized carbons (Fsp3) is 0.221. The predicted molar refractivity (Wildman–Crippen MR) is 370 cm³/mol. The first kappa shape index (κ1) is 63.7. The summed E-state index contributed by atoms with van der Waals surface area (Å²) in [5.41, 5.74) is 15.0. The second-order valence-corrected chi connectivity index (χ2v) is 24.1. The Hall–Kier alpha value is -12.0. The van der Waals surface area contributed by atoms with E-state index in [0.29, 0.717) is 55.2 Å². The van der Waals surface area contributed by atoms with Crippen molar-refractivity contribution in [2.75, 3.05) is 39.3 Å². The number of benzene rings is 3. The molecule has 3 fully saturated rings. The van der Waals surface area contributed by atoms with Gasteiger partial charge in [0.15, 0.2) is 17.3 Å². The van der Waals surface area contributed by atoms with Gasteiger partial charge in [-0.3, -0.25) is 69.2 Å². The van der Waals surface area contributed by atoms with Gasteiger partial charge in [-0.25, -0.2) is 0 Å². The molecular formula is C77H67N15O5. The van der Waals surface area contributed by atoms with Gasteiger partial charge in [-0.2, -0.15) is 15.3 Å². The van der Waals surface area contributed by atoms with E-state index in [0.717, 1.165) is 133 Å². The van der Waals surface area contributed by atoms with Crippen molar-refractivity contribution < 1.29 is 24.0 Å². The Kier molecular flexibility index (Phi) is 19.4. The maximum atomic E-state index is 12.7. The van der Waals surface area contributed by atoms with Crippen LogP contribution in [-0.2, 0) is 28.9 Å². The highest BCUT2D eigenvalue weighted by Crippen LogP contribution is 2.36. The van der Waals surface area contributed by atoms with Gasteiger partial charge >= 0.3 is 0 Å². The number of amides is 2. The van der Waals surface area contributed by atoms with E-state index in [1.807, 2.05) is 146 Å². The Bertz CT molecular complexity index is 4750. The van der Waals surface area contributed by atoms with Crippen LogP contribution < -0.4 is 5.32 Å². The highest BCUT2D eigenvalue weighted by atomic mass is 16.2. The average molecular weight is 1280 g/mol. The van der Waals surface area contributed by atoms with Crippen LogP contribution >= 0.6 is 0 Å². The van der Waals surface area contributed by atoms with Gasteiger partial charge in [0.25, 0.3) is 11.8 Å². The SMILES string of the molecule is CC#CC(=O)N1CCC(c2cc3cn[nH]c3c(-c3ccc(C(=O)Cc4ccccn4)cc3)n2)C1.CC#CC(=O)N1CCC(c2cc3cn[nH]c3c(-c3ccc(C(=O)Cc4ccccn4)cc3)n2)C1.O=C(Cc1ccccn1)c1ccc(-c2nc(C3CCNC3)cc3cn[nH]c23)cc1. The van der Waals surface area contributed by atoms with E-state index in [1.165, 1.54) is 0 Å². The van der Waals surface area contributed by atoms with Crippen LogP contribution in [-0.4, -0.2) is 139 Å². The summed E-state index contributed by atoms with van der Waals surface area (Å²) >= 11 is 0. The molecule has 20 heteroatoms. The molecule has 0 bridgehead atoms. The molecule has 3 unspecified atom stereocenters. The number of nitrogens with one attached hydrogen (secondary N) is 4. The number of hydrogen-bond acceptors (Lipinski definition) is 15. The van der Waals surface area contributed by atoms with Gasteiger partial charge in [-0.1, -0.05) is 103 Å². The molecule has 15 rings (SSSR count). The van der Waals surface area contributed by atoms with Crippen molar-refractivity contribution in [2.45, 2.75) is 70.1 Å². The normalized spacial score (nSPS) is 15.5. The number of Topliss-reactive ketones (excluding diaryl/α,β-unsaturated/α-hetero) is 3. The lowest BCUT2D eigenvalue weighted by Gasteiger charge is -2.14. The van der Waals surface area contributed by atoms with Crippen LogP contribution in [0.1, 0.15) is 116 Å². The molecule has 3 aromatic carbocycles. The Morgan fingerprint density at radius 1 is 0.443 bits per heavy atom. The van der Waals surface area contributed by atoms with Crippen molar-refractivity contribution in [3.63, 3.8) is 0 Å². The molecule has 3 atom stereocenters. The molecule has 4 N–H and O–H groups in total. The number of aromatic amines is 3. The molecular weight excluding hydrogens is 1210 g/mol. The number of ketones is 3. The number of carbonyl (C=O) groups is 5.